The Morgan fingerprint density at radius 2 is 0.821 bits per heavy atom. The van der Waals surface area contributed by atoms with E-state index in [2.05, 4.69) is 53.1 Å². The second-order valence-electron chi connectivity index (χ2n) is 21.4. The Morgan fingerprint density at radius 1 is 0.453 bits per heavy atom. The van der Waals surface area contributed by atoms with E-state index in [9.17, 15) is 8.42 Å². The molecule has 0 atom stereocenters. The number of nitrogens with zero attached hydrogens (tertiary/aromatic N) is 6. The van der Waals surface area contributed by atoms with E-state index < -0.39 is 10.1 Å². The van der Waals surface area contributed by atoms with E-state index in [1.54, 1.807) is 37.3 Å². The van der Waals surface area contributed by atoms with Crippen LogP contribution in [0.4, 0.5) is 39.8 Å². The maximum Gasteiger partial charge on any atom is 0.264 e. The first-order valence-corrected chi connectivity index (χ1v) is 33.4. The molecule has 8 rings (SSSR count). The SMILES string of the molecule is Cc1cc(CCN2CCCOCC2)cc(C#N)c1N.Cc1cc(CCO)cc(C#N)c1N.Cc1cc(CCOS(C)(=O)=O)cc(C#N)c1N.N#Cc1cc(CCO)cc(Br)c1N.N#Cc1cc(CCO)ccc1N.Nc1ccc(CCO)cc1.Nc1ccc(CCO)cc1Br. The zero-order valence-corrected chi connectivity index (χ0v) is 58.1. The third-order valence-electron chi connectivity index (χ3n) is 14.0. The molecule has 0 radical (unpaired) electrons. The quantitative estimate of drug-likeness (QED) is 0.0302. The zero-order valence-electron chi connectivity index (χ0n) is 54.1. The molecule has 1 heterocycles. The summed E-state index contributed by atoms with van der Waals surface area (Å²) < 4.78 is 33.2. The maximum atomic E-state index is 10.8. The minimum atomic E-state index is -3.42. The van der Waals surface area contributed by atoms with Crippen molar-refractivity contribution in [3.05, 3.63) is 202 Å². The van der Waals surface area contributed by atoms with Gasteiger partial charge in [0.05, 0.1) is 70.0 Å². The number of hydrogen-bond donors (Lipinski definition) is 12. The van der Waals surface area contributed by atoms with Gasteiger partial charge in [-0.25, -0.2) is 0 Å². The number of benzene rings is 7. The van der Waals surface area contributed by atoms with Gasteiger partial charge in [-0.05, 0) is 226 Å². The number of hydrogen-bond acceptors (Lipinski definition) is 22. The Bertz CT molecular complexity index is 3820. The molecule has 1 fully saturated rings. The second kappa shape index (κ2) is 44.7. The van der Waals surface area contributed by atoms with Crippen LogP contribution in [0.1, 0.15) is 89.9 Å². The number of aryl methyl sites for hydroxylation is 3. The average molecular weight is 1450 g/mol. The highest BCUT2D eigenvalue weighted by Crippen LogP contribution is 2.26. The summed E-state index contributed by atoms with van der Waals surface area (Å²) in [6, 6.07) is 43.1. The van der Waals surface area contributed by atoms with Gasteiger partial charge in [0.15, 0.2) is 0 Å². The number of nitrogens with two attached hydrogens (primary N) is 7. The summed E-state index contributed by atoms with van der Waals surface area (Å²) in [5.74, 6) is 0. The molecule has 1 aliphatic heterocycles. The minimum Gasteiger partial charge on any atom is -0.399 e. The summed E-state index contributed by atoms with van der Waals surface area (Å²) in [7, 11) is -3.42. The van der Waals surface area contributed by atoms with Crippen molar-refractivity contribution in [2.45, 2.75) is 72.1 Å². The molecular formula is C70H87Br2N13O9S. The Kier molecular flexibility index (Phi) is 38.7. The molecule has 0 saturated carbocycles. The molecule has 7 aromatic rings. The highest BCUT2D eigenvalue weighted by molar-refractivity contribution is 9.11. The van der Waals surface area contributed by atoms with Gasteiger partial charge in [0, 0.05) is 85.3 Å². The molecule has 0 aromatic heterocycles. The van der Waals surface area contributed by atoms with Crippen molar-refractivity contribution in [1.82, 2.24) is 4.90 Å². The molecule has 0 spiro atoms. The monoisotopic (exact) mass is 1440 g/mol. The van der Waals surface area contributed by atoms with Crippen molar-refractivity contribution in [3.8, 4) is 30.3 Å². The van der Waals surface area contributed by atoms with Gasteiger partial charge < -0.3 is 75.3 Å². The predicted molar refractivity (Wildman–Crippen MR) is 383 cm³/mol. The van der Waals surface area contributed by atoms with E-state index >= 15 is 0 Å². The van der Waals surface area contributed by atoms with Crippen molar-refractivity contribution in [3.63, 3.8) is 0 Å². The average Bonchev–Trinajstić information content (AvgIpc) is 1.03. The molecule has 25 heteroatoms. The summed E-state index contributed by atoms with van der Waals surface area (Å²) in [5, 5.41) is 87.3. The number of aliphatic hydroxyl groups is 5. The Labute approximate surface area is 575 Å². The van der Waals surface area contributed by atoms with Gasteiger partial charge in [0.2, 0.25) is 0 Å². The number of rotatable bonds is 17. The molecule has 1 aliphatic rings. The number of ether oxygens (including phenoxy) is 1. The van der Waals surface area contributed by atoms with E-state index in [4.69, 9.17) is 96.7 Å². The van der Waals surface area contributed by atoms with Gasteiger partial charge in [0.1, 0.15) is 30.3 Å². The summed E-state index contributed by atoms with van der Waals surface area (Å²) in [5.41, 5.74) is 55.6. The van der Waals surface area contributed by atoms with Crippen LogP contribution in [0, 0.1) is 77.4 Å². The predicted octanol–water partition coefficient (Wildman–Crippen LogP) is 8.15. The maximum absolute atomic E-state index is 10.8. The van der Waals surface area contributed by atoms with Crippen LogP contribution >= 0.6 is 31.9 Å². The lowest BCUT2D eigenvalue weighted by Crippen LogP contribution is -2.28. The lowest BCUT2D eigenvalue weighted by atomic mass is 10.0. The molecule has 0 aliphatic carbocycles. The normalized spacial score (nSPS) is 11.3. The fourth-order valence-electron chi connectivity index (χ4n) is 8.77. The number of nitrogen functional groups attached to an aromatic ring is 7. The summed E-state index contributed by atoms with van der Waals surface area (Å²) in [6.45, 7) is 11.1. The molecule has 22 nitrogen and oxygen atoms in total. The van der Waals surface area contributed by atoms with Crippen molar-refractivity contribution in [1.29, 1.82) is 26.3 Å². The first-order valence-electron chi connectivity index (χ1n) is 30.0. The van der Waals surface area contributed by atoms with Gasteiger partial charge in [-0.15, -0.1) is 0 Å². The third-order valence-corrected chi connectivity index (χ3v) is 16.0. The first-order chi connectivity index (χ1) is 45.2. The van der Waals surface area contributed by atoms with Gasteiger partial charge in [0.25, 0.3) is 10.1 Å². The van der Waals surface area contributed by atoms with Crippen LogP contribution in [0.2, 0.25) is 0 Å². The van der Waals surface area contributed by atoms with Crippen molar-refractivity contribution < 1.29 is 42.9 Å². The fourth-order valence-corrected chi connectivity index (χ4v) is 10.1. The molecule has 0 amide bonds. The van der Waals surface area contributed by atoms with E-state index in [1.165, 1.54) is 5.56 Å². The Balaban J connectivity index is 0.000000381. The van der Waals surface area contributed by atoms with Crippen LogP contribution in [-0.4, -0.2) is 118 Å². The lowest BCUT2D eigenvalue weighted by Gasteiger charge is -2.19. The molecule has 506 valence electrons. The second-order valence-corrected chi connectivity index (χ2v) is 24.8. The molecule has 7 aromatic carbocycles. The van der Waals surface area contributed by atoms with Gasteiger partial charge in [-0.3, -0.25) is 4.18 Å². The van der Waals surface area contributed by atoms with Crippen LogP contribution in [0.15, 0.2) is 118 Å². The highest BCUT2D eigenvalue weighted by atomic mass is 79.9. The molecular weight excluding hydrogens is 1360 g/mol. The standard InChI is InChI=1S/C15H21N3O.C11H14N2O3S.C10H12N2O.C9H9BrN2O.C9H10N2O.C8H10BrNO.C8H11NO/c1-12-9-13(10-14(11-16)15(12)17)3-5-18-4-2-7-19-8-6-18;1-8-5-9(3-4-16-17(2,14)15)6-10(7-12)11(8)13;1-7-4-8(2-3-13)5-9(6-11)10(7)12;10-8-4-6(1-2-13)3-7(5-11)9(8)12;10-6-8-5-7(3-4-12)1-2-9(8)11;9-7-5-6(3-4-11)1-2-8(7)10;9-8-3-1-7(2-4-8)5-6-10/h9-10H,2-8,17H2,1H3;5-6H,3-4,13H2,1-2H3;4-5,13H,2-3,12H2,1H3;3-4,13H,1-2,12H2;1-2,5,12H,3-4,11H2;1-2,5,11H,3-4,10H2;1-4,10H,5-6,9H2. The summed E-state index contributed by atoms with van der Waals surface area (Å²) in [6.07, 6.45) is 6.53. The van der Waals surface area contributed by atoms with Gasteiger partial charge >= 0.3 is 0 Å². The summed E-state index contributed by atoms with van der Waals surface area (Å²) in [4.78, 5) is 2.42. The highest BCUT2D eigenvalue weighted by Gasteiger charge is 2.12. The molecule has 19 N–H and O–H groups in total. The van der Waals surface area contributed by atoms with E-state index in [1.807, 2.05) is 111 Å². The lowest BCUT2D eigenvalue weighted by molar-refractivity contribution is 0.141. The third kappa shape index (κ3) is 31.3. The topological polar surface area (TPSA) is 458 Å². The summed E-state index contributed by atoms with van der Waals surface area (Å²) >= 11 is 6.56. The van der Waals surface area contributed by atoms with E-state index in [-0.39, 0.29) is 39.6 Å². The van der Waals surface area contributed by atoms with Crippen molar-refractivity contribution in [2.75, 3.05) is 119 Å². The van der Waals surface area contributed by atoms with Crippen LogP contribution in [0.3, 0.4) is 0 Å². The largest absolute Gasteiger partial charge is 0.399 e. The van der Waals surface area contributed by atoms with Crippen molar-refractivity contribution >= 4 is 81.8 Å². The van der Waals surface area contributed by atoms with Gasteiger partial charge in [-0.1, -0.05) is 42.5 Å². The molecule has 0 bridgehead atoms. The van der Waals surface area contributed by atoms with Crippen LogP contribution < -0.4 is 40.1 Å². The number of nitriles is 5. The first kappa shape index (κ1) is 82.3. The fraction of sp³-hybridized carbons (Fsp3) is 0.329. The smallest absolute Gasteiger partial charge is 0.264 e. The minimum absolute atomic E-state index is 0.0626. The van der Waals surface area contributed by atoms with Crippen LogP contribution in [0.25, 0.3) is 0 Å². The van der Waals surface area contributed by atoms with Crippen molar-refractivity contribution in [2.24, 2.45) is 0 Å². The molecule has 0 unspecified atom stereocenters. The molecule has 95 heavy (non-hydrogen) atoms. The zero-order chi connectivity index (χ0) is 71.0. The number of aliphatic hydroxyl groups excluding tert-OH is 5. The van der Waals surface area contributed by atoms with Crippen LogP contribution in [-0.2, 0) is 64.0 Å². The van der Waals surface area contributed by atoms with Gasteiger partial charge in [-0.2, -0.15) is 34.7 Å². The number of halogens is 2. The van der Waals surface area contributed by atoms with Crippen LogP contribution in [0.5, 0.6) is 0 Å². The Morgan fingerprint density at radius 3 is 1.26 bits per heavy atom. The van der Waals surface area contributed by atoms with E-state index in [0.29, 0.717) is 99.3 Å². The van der Waals surface area contributed by atoms with E-state index in [0.717, 1.165) is 118 Å². The molecule has 1 saturated heterocycles. The Hall–Kier alpha value is -8.82. The number of anilines is 7.